The Morgan fingerprint density at radius 3 is 3.00 bits per heavy atom. The van der Waals surface area contributed by atoms with Crippen LogP contribution in [0.1, 0.15) is 23.7 Å². The Bertz CT molecular complexity index is 357. The first-order valence-corrected chi connectivity index (χ1v) is 5.22. The fraction of sp³-hybridized carbons (Fsp3) is 0.455. The lowest BCUT2D eigenvalue weighted by molar-refractivity contribution is 0.0946. The van der Waals surface area contributed by atoms with E-state index in [4.69, 9.17) is 5.73 Å². The highest BCUT2D eigenvalue weighted by atomic mass is 19.1. The lowest BCUT2D eigenvalue weighted by atomic mass is 10.1. The number of carbonyl (C=O) groups excluding carboxylic acids is 1. The van der Waals surface area contributed by atoms with Crippen LogP contribution >= 0.6 is 0 Å². The lowest BCUT2D eigenvalue weighted by Gasteiger charge is -2.11. The van der Waals surface area contributed by atoms with Gasteiger partial charge in [0.05, 0.1) is 11.8 Å². The van der Waals surface area contributed by atoms with Crippen LogP contribution in [0.15, 0.2) is 18.5 Å². The van der Waals surface area contributed by atoms with Crippen LogP contribution in [0.3, 0.4) is 0 Å². The van der Waals surface area contributed by atoms with E-state index in [1.807, 2.05) is 6.92 Å². The molecular weight excluding hydrogens is 209 g/mol. The van der Waals surface area contributed by atoms with Crippen LogP contribution in [0.2, 0.25) is 0 Å². The van der Waals surface area contributed by atoms with E-state index in [9.17, 15) is 9.18 Å². The average Bonchev–Trinajstić information content (AvgIpc) is 2.26. The van der Waals surface area contributed by atoms with Gasteiger partial charge in [-0.05, 0) is 24.9 Å². The van der Waals surface area contributed by atoms with E-state index >= 15 is 0 Å². The summed E-state index contributed by atoms with van der Waals surface area (Å²) in [6.07, 6.45) is 3.25. The fourth-order valence-electron chi connectivity index (χ4n) is 1.29. The molecule has 1 amide bonds. The molecule has 1 aromatic heterocycles. The molecule has 88 valence electrons. The monoisotopic (exact) mass is 225 g/mol. The van der Waals surface area contributed by atoms with Crippen LogP contribution in [-0.4, -0.2) is 24.0 Å². The van der Waals surface area contributed by atoms with Gasteiger partial charge in [-0.15, -0.1) is 0 Å². The van der Waals surface area contributed by atoms with Gasteiger partial charge in [0.25, 0.3) is 5.91 Å². The molecule has 0 bridgehead atoms. The summed E-state index contributed by atoms with van der Waals surface area (Å²) in [4.78, 5) is 15.2. The molecule has 5 heteroatoms. The number of nitrogens with zero attached hydrogens (tertiary/aromatic N) is 1. The zero-order valence-electron chi connectivity index (χ0n) is 9.24. The van der Waals surface area contributed by atoms with Crippen LogP contribution in [-0.2, 0) is 0 Å². The van der Waals surface area contributed by atoms with E-state index < -0.39 is 5.82 Å². The minimum Gasteiger partial charge on any atom is -0.352 e. The zero-order chi connectivity index (χ0) is 12.0. The van der Waals surface area contributed by atoms with E-state index in [1.54, 1.807) is 0 Å². The second kappa shape index (κ2) is 6.17. The summed E-state index contributed by atoms with van der Waals surface area (Å²) < 4.78 is 12.8. The van der Waals surface area contributed by atoms with E-state index in [1.165, 1.54) is 6.20 Å². The summed E-state index contributed by atoms with van der Waals surface area (Å²) in [5.74, 6) is -0.506. The van der Waals surface area contributed by atoms with Gasteiger partial charge in [-0.2, -0.15) is 0 Å². The maximum Gasteiger partial charge on any atom is 0.252 e. The van der Waals surface area contributed by atoms with Gasteiger partial charge >= 0.3 is 0 Å². The molecule has 0 saturated carbocycles. The minimum absolute atomic E-state index is 0.236. The number of nitrogens with one attached hydrogen (secondary N) is 1. The summed E-state index contributed by atoms with van der Waals surface area (Å²) in [7, 11) is 0. The molecule has 1 rings (SSSR count). The first-order valence-electron chi connectivity index (χ1n) is 5.22. The van der Waals surface area contributed by atoms with Gasteiger partial charge in [0.1, 0.15) is 5.82 Å². The van der Waals surface area contributed by atoms with Crippen molar-refractivity contribution >= 4 is 5.91 Å². The first kappa shape index (κ1) is 12.6. The predicted octanol–water partition coefficient (Wildman–Crippen LogP) is 0.935. The van der Waals surface area contributed by atoms with Crippen LogP contribution in [0, 0.1) is 11.7 Å². The van der Waals surface area contributed by atoms with E-state index in [2.05, 4.69) is 10.3 Å². The molecule has 0 aromatic carbocycles. The molecular formula is C11H16FN3O. The number of aromatic nitrogens is 1. The molecule has 0 aliphatic heterocycles. The number of nitrogens with two attached hydrogens (primary N) is 1. The van der Waals surface area contributed by atoms with Crippen LogP contribution < -0.4 is 11.1 Å². The topological polar surface area (TPSA) is 68.0 Å². The van der Waals surface area contributed by atoms with Crippen molar-refractivity contribution in [1.29, 1.82) is 0 Å². The largest absolute Gasteiger partial charge is 0.352 e. The molecule has 1 aromatic rings. The maximum absolute atomic E-state index is 12.8. The Labute approximate surface area is 94.1 Å². The van der Waals surface area contributed by atoms with Crippen molar-refractivity contribution in [3.63, 3.8) is 0 Å². The third-order valence-corrected chi connectivity index (χ3v) is 2.24. The Kier molecular flexibility index (Phi) is 4.85. The summed E-state index contributed by atoms with van der Waals surface area (Å²) in [6, 6.07) is 1.16. The smallest absolute Gasteiger partial charge is 0.252 e. The summed E-state index contributed by atoms with van der Waals surface area (Å²) in [5, 5.41) is 2.71. The number of carbonyl (C=O) groups is 1. The van der Waals surface area contributed by atoms with Crippen molar-refractivity contribution in [2.75, 3.05) is 13.1 Å². The number of halogens is 1. The molecule has 4 nitrogen and oxygen atoms in total. The molecule has 1 heterocycles. The average molecular weight is 225 g/mol. The van der Waals surface area contributed by atoms with E-state index in [-0.39, 0.29) is 11.5 Å². The number of hydrogen-bond acceptors (Lipinski definition) is 3. The SMILES string of the molecule is CC(CCN)CNC(=O)c1cncc(F)c1. The predicted molar refractivity (Wildman–Crippen MR) is 59.4 cm³/mol. The third-order valence-electron chi connectivity index (χ3n) is 2.24. The van der Waals surface area contributed by atoms with Crippen LogP contribution in [0.25, 0.3) is 0 Å². The summed E-state index contributed by atoms with van der Waals surface area (Å²) in [6.45, 7) is 3.13. The van der Waals surface area contributed by atoms with Gasteiger partial charge in [-0.3, -0.25) is 9.78 Å². The molecule has 0 aliphatic carbocycles. The Morgan fingerprint density at radius 2 is 2.38 bits per heavy atom. The van der Waals surface area contributed by atoms with Crippen LogP contribution in [0.5, 0.6) is 0 Å². The molecule has 16 heavy (non-hydrogen) atoms. The Hall–Kier alpha value is -1.49. The van der Waals surface area contributed by atoms with E-state index in [0.717, 1.165) is 18.7 Å². The van der Waals surface area contributed by atoms with E-state index in [0.29, 0.717) is 19.0 Å². The van der Waals surface area contributed by atoms with Gasteiger partial charge in [0.15, 0.2) is 0 Å². The Morgan fingerprint density at radius 1 is 1.62 bits per heavy atom. The number of rotatable bonds is 5. The molecule has 0 radical (unpaired) electrons. The highest BCUT2D eigenvalue weighted by molar-refractivity contribution is 5.93. The fourth-order valence-corrected chi connectivity index (χ4v) is 1.29. The number of amides is 1. The highest BCUT2D eigenvalue weighted by Gasteiger charge is 2.08. The molecule has 3 N–H and O–H groups in total. The minimum atomic E-state index is -0.511. The first-order chi connectivity index (χ1) is 7.63. The number of pyridine rings is 1. The van der Waals surface area contributed by atoms with Crippen molar-refractivity contribution in [2.24, 2.45) is 11.7 Å². The normalized spacial score (nSPS) is 12.2. The van der Waals surface area contributed by atoms with Gasteiger partial charge in [-0.25, -0.2) is 4.39 Å². The van der Waals surface area contributed by atoms with Gasteiger partial charge < -0.3 is 11.1 Å². The third kappa shape index (κ3) is 3.94. The van der Waals surface area contributed by atoms with Crippen LogP contribution in [0.4, 0.5) is 4.39 Å². The van der Waals surface area contributed by atoms with Gasteiger partial charge in [0, 0.05) is 12.7 Å². The summed E-state index contributed by atoms with van der Waals surface area (Å²) in [5.41, 5.74) is 5.63. The zero-order valence-corrected chi connectivity index (χ0v) is 9.24. The van der Waals surface area contributed by atoms with Crippen molar-refractivity contribution in [1.82, 2.24) is 10.3 Å². The second-order valence-corrected chi connectivity index (χ2v) is 3.78. The van der Waals surface area contributed by atoms with Crippen molar-refractivity contribution < 1.29 is 9.18 Å². The van der Waals surface area contributed by atoms with Crippen molar-refractivity contribution in [3.05, 3.63) is 29.8 Å². The quantitative estimate of drug-likeness (QED) is 0.783. The molecule has 0 saturated heterocycles. The standard InChI is InChI=1S/C11H16FN3O/c1-8(2-3-13)5-15-11(16)9-4-10(12)7-14-6-9/h4,6-8H,2-3,5,13H2,1H3,(H,15,16). The second-order valence-electron chi connectivity index (χ2n) is 3.78. The highest BCUT2D eigenvalue weighted by Crippen LogP contribution is 2.02. The molecule has 1 unspecified atom stereocenters. The lowest BCUT2D eigenvalue weighted by Crippen LogP contribution is -2.29. The maximum atomic E-state index is 12.8. The van der Waals surface area contributed by atoms with Gasteiger partial charge in [-0.1, -0.05) is 6.92 Å². The molecule has 0 aliphatic rings. The van der Waals surface area contributed by atoms with Gasteiger partial charge in [0.2, 0.25) is 0 Å². The van der Waals surface area contributed by atoms with Crippen molar-refractivity contribution in [2.45, 2.75) is 13.3 Å². The molecule has 0 spiro atoms. The summed E-state index contributed by atoms with van der Waals surface area (Å²) >= 11 is 0. The Balaban J connectivity index is 2.47. The number of hydrogen-bond donors (Lipinski definition) is 2. The van der Waals surface area contributed by atoms with Crippen molar-refractivity contribution in [3.8, 4) is 0 Å². The molecule has 0 fully saturated rings. The molecule has 1 atom stereocenters.